The first-order valence-corrected chi connectivity index (χ1v) is 7.88. The highest BCUT2D eigenvalue weighted by Crippen LogP contribution is 2.15. The van der Waals surface area contributed by atoms with E-state index >= 15 is 0 Å². The fourth-order valence-electron chi connectivity index (χ4n) is 2.20. The van der Waals surface area contributed by atoms with Crippen LogP contribution < -0.4 is 10.1 Å². The van der Waals surface area contributed by atoms with Crippen LogP contribution in [0.2, 0.25) is 0 Å². The van der Waals surface area contributed by atoms with E-state index < -0.39 is 0 Å². The fourth-order valence-corrected chi connectivity index (χ4v) is 2.20. The van der Waals surface area contributed by atoms with Gasteiger partial charge in [0.1, 0.15) is 5.75 Å². The first-order valence-electron chi connectivity index (χ1n) is 7.88. The molecule has 1 aromatic carbocycles. The number of amides is 1. The zero-order valence-corrected chi connectivity index (χ0v) is 14.3. The highest BCUT2D eigenvalue weighted by molar-refractivity contribution is 5.94. The van der Waals surface area contributed by atoms with Crippen LogP contribution in [0, 0.1) is 0 Å². The van der Waals surface area contributed by atoms with E-state index in [1.54, 1.807) is 41.3 Å². The molecule has 8 nitrogen and oxygen atoms in total. The van der Waals surface area contributed by atoms with E-state index in [4.69, 9.17) is 9.26 Å². The predicted octanol–water partition coefficient (Wildman–Crippen LogP) is 2.19. The number of rotatable bonds is 6. The first kappa shape index (κ1) is 16.7. The number of aromatic nitrogens is 4. The van der Waals surface area contributed by atoms with E-state index in [1.807, 2.05) is 20.9 Å². The first-order chi connectivity index (χ1) is 12.0. The maximum absolute atomic E-state index is 12.2. The molecule has 0 radical (unpaired) electrons. The SMILES string of the molecule is CC(C)Oc1ccc(C(=O)NCc2nc(-c3cnn(C)c3)no2)cc1. The molecule has 0 saturated heterocycles. The quantitative estimate of drug-likeness (QED) is 0.738. The minimum atomic E-state index is -0.225. The van der Waals surface area contributed by atoms with Gasteiger partial charge in [-0.05, 0) is 38.1 Å². The number of hydrogen-bond donors (Lipinski definition) is 1. The summed E-state index contributed by atoms with van der Waals surface area (Å²) < 4.78 is 12.4. The summed E-state index contributed by atoms with van der Waals surface area (Å²) in [6.07, 6.45) is 3.52. The van der Waals surface area contributed by atoms with Crippen LogP contribution >= 0.6 is 0 Å². The zero-order chi connectivity index (χ0) is 17.8. The minimum absolute atomic E-state index is 0.0891. The lowest BCUT2D eigenvalue weighted by atomic mass is 10.2. The maximum atomic E-state index is 12.2. The Kier molecular flexibility index (Phi) is 4.78. The van der Waals surface area contributed by atoms with Gasteiger partial charge in [-0.15, -0.1) is 0 Å². The summed E-state index contributed by atoms with van der Waals surface area (Å²) in [6.45, 7) is 4.05. The molecule has 0 fully saturated rings. The van der Waals surface area contributed by atoms with E-state index in [1.165, 1.54) is 0 Å². The molecule has 0 aliphatic rings. The van der Waals surface area contributed by atoms with Gasteiger partial charge in [-0.3, -0.25) is 9.48 Å². The maximum Gasteiger partial charge on any atom is 0.251 e. The van der Waals surface area contributed by atoms with E-state index in [9.17, 15) is 4.79 Å². The number of nitrogens with one attached hydrogen (secondary N) is 1. The Hall–Kier alpha value is -3.16. The van der Waals surface area contributed by atoms with Crippen LogP contribution in [-0.4, -0.2) is 31.9 Å². The van der Waals surface area contributed by atoms with Gasteiger partial charge in [-0.1, -0.05) is 5.16 Å². The molecular formula is C17H19N5O3. The molecule has 0 spiro atoms. The van der Waals surface area contributed by atoms with Crippen molar-refractivity contribution in [2.45, 2.75) is 26.5 Å². The Bertz CT molecular complexity index is 851. The van der Waals surface area contributed by atoms with Crippen LogP contribution in [0.15, 0.2) is 41.2 Å². The van der Waals surface area contributed by atoms with Crippen molar-refractivity contribution in [2.75, 3.05) is 0 Å². The lowest BCUT2D eigenvalue weighted by Gasteiger charge is -2.09. The fraction of sp³-hybridized carbons (Fsp3) is 0.294. The van der Waals surface area contributed by atoms with Crippen LogP contribution in [0.4, 0.5) is 0 Å². The van der Waals surface area contributed by atoms with Crippen LogP contribution in [0.25, 0.3) is 11.4 Å². The summed E-state index contributed by atoms with van der Waals surface area (Å²) in [4.78, 5) is 16.4. The highest BCUT2D eigenvalue weighted by atomic mass is 16.5. The molecule has 2 heterocycles. The monoisotopic (exact) mass is 341 g/mol. The molecule has 3 rings (SSSR count). The molecule has 0 bridgehead atoms. The van der Waals surface area contributed by atoms with Crippen molar-refractivity contribution >= 4 is 5.91 Å². The molecule has 0 aliphatic heterocycles. The van der Waals surface area contributed by atoms with Crippen molar-refractivity contribution in [1.82, 2.24) is 25.2 Å². The van der Waals surface area contributed by atoms with Gasteiger partial charge in [0.05, 0.1) is 24.4 Å². The van der Waals surface area contributed by atoms with E-state index in [0.717, 1.165) is 11.3 Å². The summed E-state index contributed by atoms with van der Waals surface area (Å²) in [5, 5.41) is 10.7. The number of benzene rings is 1. The molecule has 0 atom stereocenters. The summed E-state index contributed by atoms with van der Waals surface area (Å²) in [5.41, 5.74) is 1.28. The highest BCUT2D eigenvalue weighted by Gasteiger charge is 2.12. The minimum Gasteiger partial charge on any atom is -0.491 e. The van der Waals surface area contributed by atoms with E-state index in [2.05, 4.69) is 20.6 Å². The van der Waals surface area contributed by atoms with Crippen molar-refractivity contribution in [2.24, 2.45) is 7.05 Å². The van der Waals surface area contributed by atoms with Gasteiger partial charge in [0.25, 0.3) is 5.91 Å². The molecule has 3 aromatic rings. The Morgan fingerprint density at radius 2 is 2.08 bits per heavy atom. The van der Waals surface area contributed by atoms with Gasteiger partial charge in [-0.25, -0.2) is 0 Å². The van der Waals surface area contributed by atoms with Crippen LogP contribution in [0.5, 0.6) is 5.75 Å². The smallest absolute Gasteiger partial charge is 0.251 e. The van der Waals surface area contributed by atoms with Crippen molar-refractivity contribution in [1.29, 1.82) is 0 Å². The molecule has 1 N–H and O–H groups in total. The molecule has 0 aliphatic carbocycles. The summed E-state index contributed by atoms with van der Waals surface area (Å²) in [6, 6.07) is 6.95. The third-order valence-corrected chi connectivity index (χ3v) is 3.32. The second-order valence-corrected chi connectivity index (χ2v) is 5.79. The standard InChI is InChI=1S/C17H19N5O3/c1-11(2)24-14-6-4-12(5-7-14)17(23)18-9-15-20-16(21-25-15)13-8-19-22(3)10-13/h4-8,10-11H,9H2,1-3H3,(H,18,23). The third-order valence-electron chi connectivity index (χ3n) is 3.32. The van der Waals surface area contributed by atoms with Crippen molar-refractivity contribution in [3.05, 3.63) is 48.1 Å². The largest absolute Gasteiger partial charge is 0.491 e. The van der Waals surface area contributed by atoms with Gasteiger partial charge in [-0.2, -0.15) is 10.1 Å². The Morgan fingerprint density at radius 1 is 1.32 bits per heavy atom. The topological polar surface area (TPSA) is 95.1 Å². The van der Waals surface area contributed by atoms with E-state index in [0.29, 0.717) is 17.3 Å². The number of hydrogen-bond acceptors (Lipinski definition) is 6. The Morgan fingerprint density at radius 3 is 2.72 bits per heavy atom. The van der Waals surface area contributed by atoms with Crippen LogP contribution in [-0.2, 0) is 13.6 Å². The molecule has 130 valence electrons. The number of nitrogens with zero attached hydrogens (tertiary/aromatic N) is 4. The Balaban J connectivity index is 1.58. The van der Waals surface area contributed by atoms with Gasteiger partial charge in [0.15, 0.2) is 0 Å². The lowest BCUT2D eigenvalue weighted by molar-refractivity contribution is 0.0946. The summed E-state index contributed by atoms with van der Waals surface area (Å²) >= 11 is 0. The number of carbonyl (C=O) groups excluding carboxylic acids is 1. The van der Waals surface area contributed by atoms with Gasteiger partial charge < -0.3 is 14.6 Å². The average molecular weight is 341 g/mol. The molecule has 8 heteroatoms. The number of carbonyl (C=O) groups is 1. The average Bonchev–Trinajstić information content (AvgIpc) is 3.21. The molecule has 25 heavy (non-hydrogen) atoms. The van der Waals surface area contributed by atoms with Crippen LogP contribution in [0.3, 0.4) is 0 Å². The Labute approximate surface area is 144 Å². The molecule has 2 aromatic heterocycles. The summed E-state index contributed by atoms with van der Waals surface area (Å²) in [7, 11) is 1.81. The van der Waals surface area contributed by atoms with E-state index in [-0.39, 0.29) is 18.6 Å². The van der Waals surface area contributed by atoms with Crippen LogP contribution in [0.1, 0.15) is 30.1 Å². The lowest BCUT2D eigenvalue weighted by Crippen LogP contribution is -2.22. The molecule has 0 unspecified atom stereocenters. The molecule has 0 saturated carbocycles. The summed E-state index contributed by atoms with van der Waals surface area (Å²) in [5.74, 6) is 1.27. The number of ether oxygens (including phenoxy) is 1. The third kappa shape index (κ3) is 4.23. The normalized spacial score (nSPS) is 10.9. The molecule has 1 amide bonds. The zero-order valence-electron chi connectivity index (χ0n) is 14.3. The predicted molar refractivity (Wildman–Crippen MR) is 89.9 cm³/mol. The molecular weight excluding hydrogens is 322 g/mol. The second kappa shape index (κ2) is 7.16. The van der Waals surface area contributed by atoms with Crippen molar-refractivity contribution in [3.8, 4) is 17.1 Å². The van der Waals surface area contributed by atoms with Crippen molar-refractivity contribution < 1.29 is 14.1 Å². The number of aryl methyl sites for hydroxylation is 1. The van der Waals surface area contributed by atoms with Gasteiger partial charge >= 0.3 is 0 Å². The van der Waals surface area contributed by atoms with Gasteiger partial charge in [0.2, 0.25) is 11.7 Å². The second-order valence-electron chi connectivity index (χ2n) is 5.79. The van der Waals surface area contributed by atoms with Crippen molar-refractivity contribution in [3.63, 3.8) is 0 Å². The van der Waals surface area contributed by atoms with Gasteiger partial charge in [0, 0.05) is 18.8 Å².